The number of ether oxygens (including phenoxy) is 1. The summed E-state index contributed by atoms with van der Waals surface area (Å²) >= 11 is 3.48. The van der Waals surface area contributed by atoms with Gasteiger partial charge in [-0.1, -0.05) is 22.0 Å². The van der Waals surface area contributed by atoms with E-state index < -0.39 is 0 Å². The molecule has 4 heteroatoms. The Morgan fingerprint density at radius 3 is 2.68 bits per heavy atom. The van der Waals surface area contributed by atoms with Gasteiger partial charge in [-0.05, 0) is 43.8 Å². The van der Waals surface area contributed by atoms with Crippen molar-refractivity contribution in [3.8, 4) is 5.75 Å². The minimum atomic E-state index is 0.251. The second-order valence-electron chi connectivity index (χ2n) is 4.34. The third kappa shape index (κ3) is 3.78. The Labute approximate surface area is 122 Å². The molecule has 0 saturated heterocycles. The molecule has 0 saturated carbocycles. The summed E-state index contributed by atoms with van der Waals surface area (Å²) in [5.74, 6) is 0.896. The zero-order valence-electron chi connectivity index (χ0n) is 11.1. The molecular formula is C15H17BrN2O. The first kappa shape index (κ1) is 14.0. The van der Waals surface area contributed by atoms with E-state index in [-0.39, 0.29) is 6.04 Å². The van der Waals surface area contributed by atoms with E-state index in [0.717, 1.165) is 21.3 Å². The average Bonchev–Trinajstić information content (AvgIpc) is 2.45. The molecule has 1 heterocycles. The summed E-state index contributed by atoms with van der Waals surface area (Å²) in [4.78, 5) is 4.00. The van der Waals surface area contributed by atoms with E-state index in [4.69, 9.17) is 4.74 Å². The lowest BCUT2D eigenvalue weighted by atomic mass is 10.1. The second kappa shape index (κ2) is 6.68. The van der Waals surface area contributed by atoms with Gasteiger partial charge in [0.05, 0.1) is 0 Å². The van der Waals surface area contributed by atoms with Gasteiger partial charge in [0.2, 0.25) is 0 Å². The van der Waals surface area contributed by atoms with E-state index in [1.54, 1.807) is 12.4 Å². The normalized spacial score (nSPS) is 12.2. The zero-order chi connectivity index (χ0) is 13.7. The van der Waals surface area contributed by atoms with Gasteiger partial charge in [0.25, 0.3) is 0 Å². The van der Waals surface area contributed by atoms with Gasteiger partial charge in [0.15, 0.2) is 0 Å². The largest absolute Gasteiger partial charge is 0.489 e. The number of pyridine rings is 1. The SMILES string of the molecule is CNC(C)c1ccc(Br)cc1OCc1ccncc1. The van der Waals surface area contributed by atoms with Crippen molar-refractivity contribution in [2.45, 2.75) is 19.6 Å². The predicted molar refractivity (Wildman–Crippen MR) is 80.2 cm³/mol. The van der Waals surface area contributed by atoms with Crippen LogP contribution in [0.5, 0.6) is 5.75 Å². The molecule has 100 valence electrons. The molecule has 1 N–H and O–H groups in total. The highest BCUT2D eigenvalue weighted by molar-refractivity contribution is 9.10. The van der Waals surface area contributed by atoms with Crippen LogP contribution in [-0.4, -0.2) is 12.0 Å². The summed E-state index contributed by atoms with van der Waals surface area (Å²) in [6, 6.07) is 10.3. The number of benzene rings is 1. The van der Waals surface area contributed by atoms with Crippen LogP contribution >= 0.6 is 15.9 Å². The van der Waals surface area contributed by atoms with Crippen LogP contribution in [0, 0.1) is 0 Å². The summed E-state index contributed by atoms with van der Waals surface area (Å²) in [7, 11) is 1.94. The van der Waals surface area contributed by atoms with E-state index in [2.05, 4.69) is 39.2 Å². The van der Waals surface area contributed by atoms with Gasteiger partial charge in [0, 0.05) is 28.5 Å². The van der Waals surface area contributed by atoms with Crippen LogP contribution in [0.25, 0.3) is 0 Å². The molecule has 2 rings (SSSR count). The van der Waals surface area contributed by atoms with Gasteiger partial charge >= 0.3 is 0 Å². The van der Waals surface area contributed by atoms with Crippen LogP contribution in [0.2, 0.25) is 0 Å². The summed E-state index contributed by atoms with van der Waals surface area (Å²) in [6.45, 7) is 2.66. The molecule has 0 bridgehead atoms. The van der Waals surface area contributed by atoms with Crippen LogP contribution in [-0.2, 0) is 6.61 Å². The fourth-order valence-electron chi connectivity index (χ4n) is 1.79. The summed E-state index contributed by atoms with van der Waals surface area (Å²) in [5, 5.41) is 3.23. The van der Waals surface area contributed by atoms with Crippen LogP contribution in [0.4, 0.5) is 0 Å². The van der Waals surface area contributed by atoms with E-state index in [9.17, 15) is 0 Å². The number of hydrogen-bond donors (Lipinski definition) is 1. The van der Waals surface area contributed by atoms with E-state index in [1.165, 1.54) is 0 Å². The standard InChI is InChI=1S/C15H17BrN2O/c1-11(17-2)14-4-3-13(16)9-15(14)19-10-12-5-7-18-8-6-12/h3-9,11,17H,10H2,1-2H3. The van der Waals surface area contributed by atoms with Crippen LogP contribution in [0.15, 0.2) is 47.2 Å². The van der Waals surface area contributed by atoms with Gasteiger partial charge in [-0.15, -0.1) is 0 Å². The molecule has 0 aliphatic rings. The van der Waals surface area contributed by atoms with Crippen molar-refractivity contribution in [2.75, 3.05) is 7.05 Å². The molecule has 0 aliphatic carbocycles. The summed E-state index contributed by atoms with van der Waals surface area (Å²) in [5.41, 5.74) is 2.26. The highest BCUT2D eigenvalue weighted by atomic mass is 79.9. The molecule has 0 amide bonds. The van der Waals surface area contributed by atoms with Gasteiger partial charge in [0.1, 0.15) is 12.4 Å². The monoisotopic (exact) mass is 320 g/mol. The van der Waals surface area contributed by atoms with Crippen molar-refractivity contribution >= 4 is 15.9 Å². The lowest BCUT2D eigenvalue weighted by molar-refractivity contribution is 0.300. The Morgan fingerprint density at radius 1 is 1.26 bits per heavy atom. The lowest BCUT2D eigenvalue weighted by Crippen LogP contribution is -2.13. The van der Waals surface area contributed by atoms with Gasteiger partial charge in [-0.2, -0.15) is 0 Å². The Bertz CT molecular complexity index is 531. The molecule has 0 aliphatic heterocycles. The van der Waals surface area contributed by atoms with Crippen LogP contribution in [0.1, 0.15) is 24.1 Å². The first-order valence-electron chi connectivity index (χ1n) is 6.19. The molecule has 1 unspecified atom stereocenters. The number of halogens is 1. The van der Waals surface area contributed by atoms with Crippen molar-refractivity contribution in [3.63, 3.8) is 0 Å². The maximum Gasteiger partial charge on any atom is 0.125 e. The fourth-order valence-corrected chi connectivity index (χ4v) is 2.13. The van der Waals surface area contributed by atoms with Crippen molar-refractivity contribution in [3.05, 3.63) is 58.3 Å². The number of rotatable bonds is 5. The predicted octanol–water partition coefficient (Wildman–Crippen LogP) is 3.70. The van der Waals surface area contributed by atoms with Crippen molar-refractivity contribution in [1.82, 2.24) is 10.3 Å². The highest BCUT2D eigenvalue weighted by Gasteiger charge is 2.10. The van der Waals surface area contributed by atoms with E-state index in [1.807, 2.05) is 31.3 Å². The van der Waals surface area contributed by atoms with Gasteiger partial charge in [-0.3, -0.25) is 4.98 Å². The fraction of sp³-hybridized carbons (Fsp3) is 0.267. The Hall–Kier alpha value is -1.39. The molecular weight excluding hydrogens is 304 g/mol. The molecule has 0 spiro atoms. The van der Waals surface area contributed by atoms with Crippen molar-refractivity contribution < 1.29 is 4.74 Å². The summed E-state index contributed by atoms with van der Waals surface area (Å²) < 4.78 is 6.95. The van der Waals surface area contributed by atoms with Crippen molar-refractivity contribution in [2.24, 2.45) is 0 Å². The van der Waals surface area contributed by atoms with Gasteiger partial charge < -0.3 is 10.1 Å². The topological polar surface area (TPSA) is 34.1 Å². The number of nitrogens with zero attached hydrogens (tertiary/aromatic N) is 1. The molecule has 19 heavy (non-hydrogen) atoms. The highest BCUT2D eigenvalue weighted by Crippen LogP contribution is 2.29. The van der Waals surface area contributed by atoms with Gasteiger partial charge in [-0.25, -0.2) is 0 Å². The third-order valence-electron chi connectivity index (χ3n) is 3.02. The lowest BCUT2D eigenvalue weighted by Gasteiger charge is -2.17. The Morgan fingerprint density at radius 2 is 2.00 bits per heavy atom. The van der Waals surface area contributed by atoms with Crippen LogP contribution in [0.3, 0.4) is 0 Å². The average molecular weight is 321 g/mol. The molecule has 3 nitrogen and oxygen atoms in total. The molecule has 1 aromatic carbocycles. The molecule has 0 fully saturated rings. The minimum Gasteiger partial charge on any atom is -0.489 e. The number of nitrogens with one attached hydrogen (secondary N) is 1. The molecule has 1 aromatic heterocycles. The number of hydrogen-bond acceptors (Lipinski definition) is 3. The minimum absolute atomic E-state index is 0.251. The number of aromatic nitrogens is 1. The Kier molecular flexibility index (Phi) is 4.93. The van der Waals surface area contributed by atoms with E-state index >= 15 is 0 Å². The first-order chi connectivity index (χ1) is 9.20. The molecule has 0 radical (unpaired) electrons. The first-order valence-corrected chi connectivity index (χ1v) is 6.98. The maximum absolute atomic E-state index is 5.93. The zero-order valence-corrected chi connectivity index (χ0v) is 12.6. The van der Waals surface area contributed by atoms with Crippen molar-refractivity contribution in [1.29, 1.82) is 0 Å². The second-order valence-corrected chi connectivity index (χ2v) is 5.25. The molecule has 2 aromatic rings. The molecule has 1 atom stereocenters. The maximum atomic E-state index is 5.93. The Balaban J connectivity index is 2.16. The third-order valence-corrected chi connectivity index (χ3v) is 3.51. The quantitative estimate of drug-likeness (QED) is 0.912. The smallest absolute Gasteiger partial charge is 0.125 e. The van der Waals surface area contributed by atoms with Crippen LogP contribution < -0.4 is 10.1 Å². The van der Waals surface area contributed by atoms with E-state index in [0.29, 0.717) is 6.61 Å². The summed E-state index contributed by atoms with van der Waals surface area (Å²) in [6.07, 6.45) is 3.55.